The molecule has 9 nitrogen and oxygen atoms in total. The monoisotopic (exact) mass is 531 g/mol. The summed E-state index contributed by atoms with van der Waals surface area (Å²) in [4.78, 5) is 30.6. The second kappa shape index (κ2) is 10.4. The molecule has 5 rings (SSSR count). The van der Waals surface area contributed by atoms with Crippen LogP contribution >= 0.6 is 0 Å². The van der Waals surface area contributed by atoms with Gasteiger partial charge in [0, 0.05) is 17.3 Å². The summed E-state index contributed by atoms with van der Waals surface area (Å²) in [6, 6.07) is 16.6. The molecule has 39 heavy (non-hydrogen) atoms. The Morgan fingerprint density at radius 2 is 1.77 bits per heavy atom. The minimum atomic E-state index is -0.957. The van der Waals surface area contributed by atoms with Crippen molar-refractivity contribution in [1.82, 2.24) is 19.5 Å². The number of fused-ring (bicyclic) bond motifs is 1. The number of likely N-dealkylation sites (tertiary alicyclic amines) is 1. The molecule has 0 unspecified atom stereocenters. The third-order valence-corrected chi connectivity index (χ3v) is 6.21. The van der Waals surface area contributed by atoms with E-state index in [1.807, 2.05) is 63.4 Å². The van der Waals surface area contributed by atoms with Crippen molar-refractivity contribution in [2.75, 3.05) is 25.5 Å². The van der Waals surface area contributed by atoms with E-state index in [0.717, 1.165) is 16.7 Å². The van der Waals surface area contributed by atoms with Crippen LogP contribution in [0, 0.1) is 0 Å². The van der Waals surface area contributed by atoms with Gasteiger partial charge in [0.15, 0.2) is 5.65 Å². The number of benzene rings is 2. The maximum absolute atomic E-state index is 13.1. The molecular formula is C29H30FN5O4. The molecule has 1 aliphatic heterocycles. The van der Waals surface area contributed by atoms with Crippen LogP contribution < -0.4 is 10.1 Å². The predicted molar refractivity (Wildman–Crippen MR) is 145 cm³/mol. The number of ether oxygens (including phenoxy) is 2. The Hall–Kier alpha value is -4.47. The molecule has 10 heteroatoms. The summed E-state index contributed by atoms with van der Waals surface area (Å²) in [5, 5.41) is 7.69. The zero-order valence-electron chi connectivity index (χ0n) is 22.3. The fourth-order valence-corrected chi connectivity index (χ4v) is 4.29. The van der Waals surface area contributed by atoms with E-state index < -0.39 is 11.8 Å². The van der Waals surface area contributed by atoms with Gasteiger partial charge in [-0.05, 0) is 62.2 Å². The minimum Gasteiger partial charge on any atom is -0.495 e. The predicted octanol–water partition coefficient (Wildman–Crippen LogP) is 4.83. The number of alkyl halides is 1. The number of hydrogen-bond acceptors (Lipinski definition) is 7. The van der Waals surface area contributed by atoms with Crippen molar-refractivity contribution in [3.05, 3.63) is 71.9 Å². The number of amides is 1. The van der Waals surface area contributed by atoms with Crippen molar-refractivity contribution in [2.24, 2.45) is 0 Å². The second-order valence-corrected chi connectivity index (χ2v) is 10.5. The van der Waals surface area contributed by atoms with Gasteiger partial charge in [-0.25, -0.2) is 8.91 Å². The maximum Gasteiger partial charge on any atom is 0.310 e. The van der Waals surface area contributed by atoms with Crippen LogP contribution in [0.1, 0.15) is 36.7 Å². The summed E-state index contributed by atoms with van der Waals surface area (Å²) in [5.41, 5.74) is 3.93. The molecule has 4 aromatic rings. The lowest BCUT2D eigenvalue weighted by molar-refractivity contribution is -0.153. The summed E-state index contributed by atoms with van der Waals surface area (Å²) in [5.74, 6) is 0.317. The van der Waals surface area contributed by atoms with Gasteiger partial charge in [0.05, 0.1) is 32.3 Å². The molecule has 1 saturated heterocycles. The summed E-state index contributed by atoms with van der Waals surface area (Å²) in [7, 11) is 1.51. The van der Waals surface area contributed by atoms with Crippen LogP contribution in [0.5, 0.6) is 5.75 Å². The minimum absolute atomic E-state index is 0.116. The van der Waals surface area contributed by atoms with Crippen molar-refractivity contribution in [2.45, 2.75) is 39.0 Å². The Kier molecular flexibility index (Phi) is 6.94. The number of nitrogens with zero attached hydrogens (tertiary/aromatic N) is 4. The zero-order chi connectivity index (χ0) is 27.7. The third kappa shape index (κ3) is 6.00. The van der Waals surface area contributed by atoms with Crippen LogP contribution in [0.15, 0.2) is 60.8 Å². The second-order valence-electron chi connectivity index (χ2n) is 10.5. The lowest BCUT2D eigenvalue weighted by Crippen LogP contribution is -2.51. The molecule has 3 heterocycles. The van der Waals surface area contributed by atoms with Crippen LogP contribution in [-0.4, -0.2) is 63.3 Å². The van der Waals surface area contributed by atoms with E-state index in [1.54, 1.807) is 22.7 Å². The molecular weight excluding hydrogens is 501 g/mol. The van der Waals surface area contributed by atoms with Crippen molar-refractivity contribution < 1.29 is 23.5 Å². The third-order valence-electron chi connectivity index (χ3n) is 6.21. The zero-order valence-corrected chi connectivity index (χ0v) is 22.3. The molecule has 1 fully saturated rings. The summed E-state index contributed by atoms with van der Waals surface area (Å²) in [6.45, 7) is 5.78. The summed E-state index contributed by atoms with van der Waals surface area (Å²) < 4.78 is 25.7. The molecule has 0 saturated carbocycles. The van der Waals surface area contributed by atoms with Crippen LogP contribution in [0.25, 0.3) is 16.8 Å². The molecule has 2 aromatic carbocycles. The van der Waals surface area contributed by atoms with Gasteiger partial charge in [-0.2, -0.15) is 4.98 Å². The van der Waals surface area contributed by atoms with Gasteiger partial charge in [-0.1, -0.05) is 24.3 Å². The van der Waals surface area contributed by atoms with Crippen molar-refractivity contribution in [3.8, 4) is 16.9 Å². The van der Waals surface area contributed by atoms with Crippen molar-refractivity contribution in [3.63, 3.8) is 0 Å². The molecule has 0 spiro atoms. The SMILES string of the molecule is COc1cc(C(=O)N2CC(F)C2)ccc1Nc1nc2ccc(-c3ccc(CC(=O)OC(C)(C)C)cc3)cn2n1. The topological polar surface area (TPSA) is 98.1 Å². The largest absolute Gasteiger partial charge is 0.495 e. The smallest absolute Gasteiger partial charge is 0.310 e. The molecule has 0 bridgehead atoms. The fourth-order valence-electron chi connectivity index (χ4n) is 4.29. The Bertz CT molecular complexity index is 1520. The highest BCUT2D eigenvalue weighted by Gasteiger charge is 2.31. The van der Waals surface area contributed by atoms with E-state index in [4.69, 9.17) is 9.47 Å². The van der Waals surface area contributed by atoms with Gasteiger partial charge in [-0.3, -0.25) is 9.59 Å². The first-order valence-electron chi connectivity index (χ1n) is 12.6. The van der Waals surface area contributed by atoms with Gasteiger partial charge < -0.3 is 19.7 Å². The Labute approximate surface area is 225 Å². The normalized spacial score (nSPS) is 13.7. The molecule has 1 amide bonds. The molecule has 202 valence electrons. The number of esters is 1. The first kappa shape index (κ1) is 26.1. The standard InChI is InChI=1S/C29H30FN5O4/c1-29(2,3)39-26(36)13-18-5-7-19(8-6-18)21-10-12-25-32-28(33-35(25)15-21)31-23-11-9-20(14-24(23)38-4)27(37)34-16-22(30)17-34/h5-12,14-15,22H,13,16-17H2,1-4H3,(H,31,33). The number of rotatable bonds is 7. The van der Waals surface area contributed by atoms with E-state index in [-0.39, 0.29) is 31.4 Å². The van der Waals surface area contributed by atoms with E-state index in [1.165, 1.54) is 12.0 Å². The van der Waals surface area contributed by atoms with E-state index in [0.29, 0.717) is 28.6 Å². The van der Waals surface area contributed by atoms with Gasteiger partial charge >= 0.3 is 5.97 Å². The highest BCUT2D eigenvalue weighted by molar-refractivity contribution is 5.96. The highest BCUT2D eigenvalue weighted by atomic mass is 19.1. The molecule has 1 aliphatic rings. The number of hydrogen-bond donors (Lipinski definition) is 1. The van der Waals surface area contributed by atoms with Crippen LogP contribution in [0.2, 0.25) is 0 Å². The van der Waals surface area contributed by atoms with Gasteiger partial charge in [0.2, 0.25) is 5.95 Å². The first-order valence-corrected chi connectivity index (χ1v) is 12.6. The van der Waals surface area contributed by atoms with Gasteiger partial charge in [0.25, 0.3) is 5.91 Å². The Balaban J connectivity index is 1.29. The average Bonchev–Trinajstić information content (AvgIpc) is 3.27. The first-order chi connectivity index (χ1) is 18.6. The highest BCUT2D eigenvalue weighted by Crippen LogP contribution is 2.30. The number of aromatic nitrogens is 3. The maximum atomic E-state index is 13.1. The van der Waals surface area contributed by atoms with Gasteiger partial charge in [-0.15, -0.1) is 5.10 Å². The fraction of sp³-hybridized carbons (Fsp3) is 0.310. The van der Waals surface area contributed by atoms with Gasteiger partial charge in [0.1, 0.15) is 17.5 Å². The Morgan fingerprint density at radius 1 is 1.05 bits per heavy atom. The number of carbonyl (C=O) groups excluding carboxylic acids is 2. The lowest BCUT2D eigenvalue weighted by Gasteiger charge is -2.34. The van der Waals surface area contributed by atoms with Crippen molar-refractivity contribution in [1.29, 1.82) is 0 Å². The van der Waals surface area contributed by atoms with E-state index >= 15 is 0 Å². The quantitative estimate of drug-likeness (QED) is 0.341. The number of carbonyl (C=O) groups is 2. The molecule has 0 radical (unpaired) electrons. The average molecular weight is 532 g/mol. The Morgan fingerprint density at radius 3 is 2.44 bits per heavy atom. The lowest BCUT2D eigenvalue weighted by atomic mass is 10.0. The molecule has 0 aliphatic carbocycles. The van der Waals surface area contributed by atoms with E-state index in [2.05, 4.69) is 15.4 Å². The summed E-state index contributed by atoms with van der Waals surface area (Å²) in [6.07, 6.45) is 1.13. The number of nitrogens with one attached hydrogen (secondary N) is 1. The van der Waals surface area contributed by atoms with Crippen LogP contribution in [-0.2, 0) is 16.0 Å². The number of pyridine rings is 1. The van der Waals surface area contributed by atoms with Crippen LogP contribution in [0.4, 0.5) is 16.0 Å². The number of halogens is 1. The number of anilines is 2. The molecule has 1 N–H and O–H groups in total. The van der Waals surface area contributed by atoms with Crippen LogP contribution in [0.3, 0.4) is 0 Å². The molecule has 0 atom stereocenters. The molecule has 2 aromatic heterocycles. The summed E-state index contributed by atoms with van der Waals surface area (Å²) >= 11 is 0. The van der Waals surface area contributed by atoms with E-state index in [9.17, 15) is 14.0 Å². The number of methoxy groups -OCH3 is 1. The van der Waals surface area contributed by atoms with Crippen molar-refractivity contribution >= 4 is 29.2 Å².